The second kappa shape index (κ2) is 6.66. The van der Waals surface area contributed by atoms with Crippen molar-refractivity contribution in [2.75, 3.05) is 6.61 Å². The number of hydrogen-bond donors (Lipinski definition) is 0. The van der Waals surface area contributed by atoms with Crippen molar-refractivity contribution in [1.82, 2.24) is 4.98 Å². The molecule has 3 nitrogen and oxygen atoms in total. The van der Waals surface area contributed by atoms with E-state index < -0.39 is 0 Å². The number of thiophene rings is 1. The van der Waals surface area contributed by atoms with Crippen molar-refractivity contribution in [2.45, 2.75) is 33.6 Å². The lowest BCUT2D eigenvalue weighted by molar-refractivity contribution is 0.0524. The topological polar surface area (TPSA) is 39.2 Å². The summed E-state index contributed by atoms with van der Waals surface area (Å²) in [5.41, 5.74) is 3.42. The first-order valence-electron chi connectivity index (χ1n) is 6.88. The van der Waals surface area contributed by atoms with Crippen LogP contribution < -0.4 is 0 Å². The first-order chi connectivity index (χ1) is 9.67. The van der Waals surface area contributed by atoms with Gasteiger partial charge in [0.15, 0.2) is 0 Å². The molecule has 0 aliphatic carbocycles. The minimum absolute atomic E-state index is 0.274. The molecule has 0 radical (unpaired) electrons. The summed E-state index contributed by atoms with van der Waals surface area (Å²) in [7, 11) is 0. The lowest BCUT2D eigenvalue weighted by atomic mass is 10.0. The molecule has 0 bridgehead atoms. The fourth-order valence-electron chi connectivity index (χ4n) is 2.13. The Hall–Kier alpha value is -1.68. The van der Waals surface area contributed by atoms with Crippen LogP contribution in [0, 0.1) is 6.92 Å². The van der Waals surface area contributed by atoms with E-state index in [0.29, 0.717) is 12.2 Å². The number of esters is 1. The van der Waals surface area contributed by atoms with E-state index in [1.165, 1.54) is 0 Å². The quantitative estimate of drug-likeness (QED) is 0.772. The highest BCUT2D eigenvalue weighted by atomic mass is 32.1. The number of rotatable bonds is 5. The van der Waals surface area contributed by atoms with E-state index in [1.807, 2.05) is 31.4 Å². The molecule has 0 unspecified atom stereocenters. The van der Waals surface area contributed by atoms with Crippen LogP contribution in [-0.2, 0) is 11.2 Å². The molecule has 0 atom stereocenters. The number of carbonyl (C=O) groups excluding carboxylic acids is 1. The molecule has 0 aliphatic rings. The molecule has 20 heavy (non-hydrogen) atoms. The number of hydrogen-bond acceptors (Lipinski definition) is 4. The van der Waals surface area contributed by atoms with Gasteiger partial charge >= 0.3 is 5.97 Å². The number of aromatic nitrogens is 1. The summed E-state index contributed by atoms with van der Waals surface area (Å²) < 4.78 is 5.12. The van der Waals surface area contributed by atoms with Crippen molar-refractivity contribution >= 4 is 17.3 Å². The van der Waals surface area contributed by atoms with Gasteiger partial charge in [-0.2, -0.15) is 0 Å². The molecule has 0 aromatic carbocycles. The van der Waals surface area contributed by atoms with Gasteiger partial charge in [0, 0.05) is 0 Å². The van der Waals surface area contributed by atoms with Gasteiger partial charge in [-0.25, -0.2) is 4.79 Å². The normalized spacial score (nSPS) is 10.6. The molecule has 0 amide bonds. The van der Waals surface area contributed by atoms with E-state index in [4.69, 9.17) is 9.72 Å². The summed E-state index contributed by atoms with van der Waals surface area (Å²) in [4.78, 5) is 17.9. The number of ether oxygens (including phenoxy) is 1. The van der Waals surface area contributed by atoms with E-state index in [1.54, 1.807) is 11.3 Å². The van der Waals surface area contributed by atoms with Gasteiger partial charge in [-0.1, -0.05) is 19.4 Å². The molecule has 0 N–H and O–H groups in total. The second-order valence-electron chi connectivity index (χ2n) is 4.60. The SMILES string of the molecule is CCCc1nc(-c2cccs2)c(C)cc1C(=O)OCC. The number of aryl methyl sites for hydroxylation is 2. The summed E-state index contributed by atoms with van der Waals surface area (Å²) in [5.74, 6) is -0.274. The van der Waals surface area contributed by atoms with Crippen molar-refractivity contribution in [3.8, 4) is 10.6 Å². The molecule has 4 heteroatoms. The lowest BCUT2D eigenvalue weighted by Crippen LogP contribution is -2.11. The van der Waals surface area contributed by atoms with Gasteiger partial charge in [0.05, 0.1) is 28.4 Å². The van der Waals surface area contributed by atoms with Crippen LogP contribution in [0.3, 0.4) is 0 Å². The third-order valence-corrected chi connectivity index (χ3v) is 3.91. The van der Waals surface area contributed by atoms with E-state index in [-0.39, 0.29) is 5.97 Å². The Morgan fingerprint density at radius 1 is 1.40 bits per heavy atom. The zero-order valence-electron chi connectivity index (χ0n) is 12.1. The Labute approximate surface area is 123 Å². The Balaban J connectivity index is 2.49. The van der Waals surface area contributed by atoms with Gasteiger partial charge in [-0.05, 0) is 43.3 Å². The van der Waals surface area contributed by atoms with Crippen LogP contribution in [-0.4, -0.2) is 17.6 Å². The molecule has 0 saturated heterocycles. The van der Waals surface area contributed by atoms with Crippen molar-refractivity contribution in [3.63, 3.8) is 0 Å². The first kappa shape index (κ1) is 14.7. The molecule has 0 fully saturated rings. The number of nitrogens with zero attached hydrogens (tertiary/aromatic N) is 1. The highest BCUT2D eigenvalue weighted by molar-refractivity contribution is 7.13. The third-order valence-electron chi connectivity index (χ3n) is 3.03. The van der Waals surface area contributed by atoms with Crippen LogP contribution in [0.5, 0.6) is 0 Å². The molecular weight excluding hydrogens is 270 g/mol. The number of carbonyl (C=O) groups is 1. The molecular formula is C16H19NO2S. The molecule has 2 heterocycles. The summed E-state index contributed by atoms with van der Waals surface area (Å²) in [6.07, 6.45) is 1.74. The lowest BCUT2D eigenvalue weighted by Gasteiger charge is -2.11. The zero-order valence-corrected chi connectivity index (χ0v) is 12.9. The summed E-state index contributed by atoms with van der Waals surface area (Å²) >= 11 is 1.66. The minimum Gasteiger partial charge on any atom is -0.462 e. The zero-order chi connectivity index (χ0) is 14.5. The largest absolute Gasteiger partial charge is 0.462 e. The van der Waals surface area contributed by atoms with E-state index in [2.05, 4.69) is 13.0 Å². The predicted molar refractivity (Wildman–Crippen MR) is 82.2 cm³/mol. The van der Waals surface area contributed by atoms with Crippen LogP contribution in [0.4, 0.5) is 0 Å². The van der Waals surface area contributed by atoms with Crippen LogP contribution >= 0.6 is 11.3 Å². The van der Waals surface area contributed by atoms with Crippen LogP contribution in [0.1, 0.15) is 41.9 Å². The van der Waals surface area contributed by atoms with Crippen molar-refractivity contribution in [3.05, 3.63) is 40.4 Å². The molecule has 0 spiro atoms. The van der Waals surface area contributed by atoms with Crippen molar-refractivity contribution in [1.29, 1.82) is 0 Å². The van der Waals surface area contributed by atoms with Crippen LogP contribution in [0.25, 0.3) is 10.6 Å². The number of pyridine rings is 1. The average molecular weight is 289 g/mol. The maximum Gasteiger partial charge on any atom is 0.339 e. The maximum atomic E-state index is 12.0. The van der Waals surface area contributed by atoms with Crippen molar-refractivity contribution < 1.29 is 9.53 Å². The Kier molecular flexibility index (Phi) is 4.90. The third kappa shape index (κ3) is 3.07. The Morgan fingerprint density at radius 3 is 2.80 bits per heavy atom. The average Bonchev–Trinajstić information content (AvgIpc) is 2.94. The fraction of sp³-hybridized carbons (Fsp3) is 0.375. The highest BCUT2D eigenvalue weighted by Gasteiger charge is 2.17. The van der Waals surface area contributed by atoms with Crippen LogP contribution in [0.2, 0.25) is 0 Å². The Bertz CT molecular complexity index is 591. The highest BCUT2D eigenvalue weighted by Crippen LogP contribution is 2.28. The first-order valence-corrected chi connectivity index (χ1v) is 7.76. The monoisotopic (exact) mass is 289 g/mol. The van der Waals surface area contributed by atoms with Gasteiger partial charge in [-0.15, -0.1) is 11.3 Å². The molecule has 0 saturated carbocycles. The minimum atomic E-state index is -0.274. The van der Waals surface area contributed by atoms with Crippen molar-refractivity contribution in [2.24, 2.45) is 0 Å². The van der Waals surface area contributed by atoms with Gasteiger partial charge in [-0.3, -0.25) is 4.98 Å². The summed E-state index contributed by atoms with van der Waals surface area (Å²) in [6.45, 7) is 6.27. The summed E-state index contributed by atoms with van der Waals surface area (Å²) in [6, 6.07) is 5.98. The van der Waals surface area contributed by atoms with E-state index in [0.717, 1.165) is 34.7 Å². The maximum absolute atomic E-state index is 12.0. The molecule has 0 aliphatic heterocycles. The second-order valence-corrected chi connectivity index (χ2v) is 5.54. The molecule has 2 aromatic heterocycles. The standard InChI is InChI=1S/C16H19NO2S/c1-4-7-13-12(16(18)19-5-2)10-11(3)15(17-13)14-8-6-9-20-14/h6,8-10H,4-5,7H2,1-3H3. The van der Waals surface area contributed by atoms with Crippen LogP contribution in [0.15, 0.2) is 23.6 Å². The molecule has 106 valence electrons. The van der Waals surface area contributed by atoms with Gasteiger partial charge in [0.2, 0.25) is 0 Å². The predicted octanol–water partition coefficient (Wildman–Crippen LogP) is 4.25. The van der Waals surface area contributed by atoms with E-state index >= 15 is 0 Å². The van der Waals surface area contributed by atoms with Gasteiger partial charge in [0.1, 0.15) is 0 Å². The Morgan fingerprint density at radius 2 is 2.20 bits per heavy atom. The summed E-state index contributed by atoms with van der Waals surface area (Å²) in [5, 5.41) is 2.04. The molecule has 2 aromatic rings. The van der Waals surface area contributed by atoms with Gasteiger partial charge in [0.25, 0.3) is 0 Å². The van der Waals surface area contributed by atoms with Gasteiger partial charge < -0.3 is 4.74 Å². The fourth-order valence-corrected chi connectivity index (χ4v) is 2.91. The smallest absolute Gasteiger partial charge is 0.339 e. The molecule has 2 rings (SSSR count). The van der Waals surface area contributed by atoms with E-state index in [9.17, 15) is 4.79 Å².